The van der Waals surface area contributed by atoms with Gasteiger partial charge in [-0.2, -0.15) is 0 Å². The Morgan fingerprint density at radius 1 is 1.53 bits per heavy atom. The highest BCUT2D eigenvalue weighted by Gasteiger charge is 2.28. The molecular weight excluding hydrogens is 220 g/mol. The summed E-state index contributed by atoms with van der Waals surface area (Å²) in [6.45, 7) is 4.99. The molecule has 0 radical (unpaired) electrons. The molecule has 0 spiro atoms. The van der Waals surface area contributed by atoms with Crippen molar-refractivity contribution in [2.75, 3.05) is 13.2 Å². The van der Waals surface area contributed by atoms with Gasteiger partial charge < -0.3 is 14.7 Å². The molecule has 1 fully saturated rings. The molecule has 0 aromatic carbocycles. The van der Waals surface area contributed by atoms with Gasteiger partial charge in [-0.05, 0) is 19.9 Å². The van der Waals surface area contributed by atoms with Crippen molar-refractivity contribution < 1.29 is 14.6 Å². The van der Waals surface area contributed by atoms with Crippen LogP contribution in [0.3, 0.4) is 0 Å². The van der Waals surface area contributed by atoms with Gasteiger partial charge in [-0.15, -0.1) is 0 Å². The fourth-order valence-corrected chi connectivity index (χ4v) is 1.90. The smallest absolute Gasteiger partial charge is 0.255 e. The number of amides is 1. The van der Waals surface area contributed by atoms with E-state index in [1.165, 1.54) is 18.5 Å². The van der Waals surface area contributed by atoms with Crippen molar-refractivity contribution in [2.24, 2.45) is 0 Å². The number of morpholine rings is 1. The number of aromatic nitrogens is 1. The van der Waals surface area contributed by atoms with Crippen LogP contribution in [0.5, 0.6) is 5.75 Å². The van der Waals surface area contributed by atoms with E-state index in [4.69, 9.17) is 4.74 Å². The third-order valence-electron chi connectivity index (χ3n) is 2.84. The number of ether oxygens (including phenoxy) is 1. The van der Waals surface area contributed by atoms with Crippen LogP contribution in [0, 0.1) is 0 Å². The fourth-order valence-electron chi connectivity index (χ4n) is 1.90. The molecule has 2 atom stereocenters. The topological polar surface area (TPSA) is 62.7 Å². The molecule has 0 saturated carbocycles. The molecular formula is C12H16N2O3. The van der Waals surface area contributed by atoms with Crippen molar-refractivity contribution in [1.82, 2.24) is 9.88 Å². The second-order valence-corrected chi connectivity index (χ2v) is 4.38. The summed E-state index contributed by atoms with van der Waals surface area (Å²) in [6.07, 6.45) is 2.82. The molecule has 2 rings (SSSR count). The largest absolute Gasteiger partial charge is 0.506 e. The van der Waals surface area contributed by atoms with Crippen LogP contribution in [0.2, 0.25) is 0 Å². The normalized spacial score (nSPS) is 24.7. The van der Waals surface area contributed by atoms with Gasteiger partial charge in [-0.25, -0.2) is 0 Å². The number of rotatable bonds is 1. The summed E-state index contributed by atoms with van der Waals surface area (Å²) < 4.78 is 5.47. The molecule has 1 saturated heterocycles. The van der Waals surface area contributed by atoms with Crippen LogP contribution in [0.1, 0.15) is 24.2 Å². The van der Waals surface area contributed by atoms with Crippen molar-refractivity contribution >= 4 is 5.91 Å². The maximum Gasteiger partial charge on any atom is 0.255 e. The summed E-state index contributed by atoms with van der Waals surface area (Å²) in [5.74, 6) is -0.110. The van der Waals surface area contributed by atoms with E-state index in [1.807, 2.05) is 13.8 Å². The Morgan fingerprint density at radius 3 is 3.00 bits per heavy atom. The maximum atomic E-state index is 12.2. The summed E-state index contributed by atoms with van der Waals surface area (Å²) in [7, 11) is 0. The first kappa shape index (κ1) is 11.9. The van der Waals surface area contributed by atoms with E-state index in [9.17, 15) is 9.90 Å². The van der Waals surface area contributed by atoms with Gasteiger partial charge in [0.1, 0.15) is 5.75 Å². The molecule has 1 aromatic rings. The molecule has 92 valence electrons. The molecule has 17 heavy (non-hydrogen) atoms. The molecule has 2 heterocycles. The summed E-state index contributed by atoms with van der Waals surface area (Å²) in [6, 6.07) is 1.48. The predicted molar refractivity (Wildman–Crippen MR) is 61.8 cm³/mol. The highest BCUT2D eigenvalue weighted by atomic mass is 16.5. The number of hydrogen-bond acceptors (Lipinski definition) is 4. The summed E-state index contributed by atoms with van der Waals surface area (Å²) in [5.41, 5.74) is 0.408. The van der Waals surface area contributed by atoms with E-state index < -0.39 is 0 Å². The van der Waals surface area contributed by atoms with E-state index >= 15 is 0 Å². The summed E-state index contributed by atoms with van der Waals surface area (Å²) in [4.78, 5) is 17.8. The zero-order chi connectivity index (χ0) is 12.4. The van der Waals surface area contributed by atoms with Gasteiger partial charge in [0.2, 0.25) is 0 Å². The molecule has 1 aromatic heterocycles. The van der Waals surface area contributed by atoms with Gasteiger partial charge in [0.15, 0.2) is 0 Å². The minimum atomic E-state index is -0.115. The lowest BCUT2D eigenvalue weighted by molar-refractivity contribution is -0.0387. The maximum absolute atomic E-state index is 12.2. The quantitative estimate of drug-likeness (QED) is 0.791. The van der Waals surface area contributed by atoms with Crippen molar-refractivity contribution in [2.45, 2.75) is 26.0 Å². The summed E-state index contributed by atoms with van der Waals surface area (Å²) >= 11 is 0. The number of nitrogens with zero attached hydrogens (tertiary/aromatic N) is 2. The van der Waals surface area contributed by atoms with Crippen LogP contribution in [0.4, 0.5) is 0 Å². The lowest BCUT2D eigenvalue weighted by Crippen LogP contribution is -2.50. The SMILES string of the molecule is CC1CN(C(=O)c2cncc(O)c2)C(C)CO1. The predicted octanol–water partition coefficient (Wildman–Crippen LogP) is 1.04. The molecule has 1 aliphatic heterocycles. The average Bonchev–Trinajstić information content (AvgIpc) is 2.31. The highest BCUT2D eigenvalue weighted by Crippen LogP contribution is 2.17. The second-order valence-electron chi connectivity index (χ2n) is 4.38. The zero-order valence-corrected chi connectivity index (χ0v) is 9.96. The van der Waals surface area contributed by atoms with Crippen molar-refractivity contribution in [3.05, 3.63) is 24.0 Å². The first-order chi connectivity index (χ1) is 8.08. The number of carbonyl (C=O) groups excluding carboxylic acids is 1. The van der Waals surface area contributed by atoms with E-state index in [2.05, 4.69) is 4.98 Å². The first-order valence-corrected chi connectivity index (χ1v) is 5.64. The Kier molecular flexibility index (Phi) is 3.28. The Morgan fingerprint density at radius 2 is 2.29 bits per heavy atom. The Labute approximate surface area is 100 Å². The van der Waals surface area contributed by atoms with Crippen LogP contribution in [0.25, 0.3) is 0 Å². The van der Waals surface area contributed by atoms with Gasteiger partial charge in [0.25, 0.3) is 5.91 Å². The summed E-state index contributed by atoms with van der Waals surface area (Å²) in [5, 5.41) is 9.32. The zero-order valence-electron chi connectivity index (χ0n) is 9.96. The highest BCUT2D eigenvalue weighted by molar-refractivity contribution is 5.94. The number of pyridine rings is 1. The number of aromatic hydroxyl groups is 1. The Bertz CT molecular complexity index is 422. The van der Waals surface area contributed by atoms with Crippen LogP contribution < -0.4 is 0 Å². The van der Waals surface area contributed by atoms with Gasteiger partial charge in [-0.3, -0.25) is 9.78 Å². The van der Waals surface area contributed by atoms with Gasteiger partial charge in [-0.1, -0.05) is 0 Å². The molecule has 1 aliphatic rings. The van der Waals surface area contributed by atoms with Gasteiger partial charge in [0, 0.05) is 12.7 Å². The molecule has 5 heteroatoms. The number of hydrogen-bond donors (Lipinski definition) is 1. The first-order valence-electron chi connectivity index (χ1n) is 5.64. The lowest BCUT2D eigenvalue weighted by Gasteiger charge is -2.36. The molecule has 0 aliphatic carbocycles. The minimum Gasteiger partial charge on any atom is -0.506 e. The fraction of sp³-hybridized carbons (Fsp3) is 0.500. The Hall–Kier alpha value is -1.62. The molecule has 5 nitrogen and oxygen atoms in total. The third kappa shape index (κ3) is 2.55. The van der Waals surface area contributed by atoms with Crippen molar-refractivity contribution in [3.63, 3.8) is 0 Å². The second kappa shape index (κ2) is 4.71. The lowest BCUT2D eigenvalue weighted by atomic mass is 10.1. The number of carbonyl (C=O) groups is 1. The standard InChI is InChI=1S/C12H16N2O3/c1-8-7-17-9(2)6-14(8)12(16)10-3-11(15)5-13-4-10/h3-5,8-9,15H,6-7H2,1-2H3. The molecule has 1 amide bonds. The van der Waals surface area contributed by atoms with Crippen molar-refractivity contribution in [1.29, 1.82) is 0 Å². The van der Waals surface area contributed by atoms with Gasteiger partial charge >= 0.3 is 0 Å². The Balaban J connectivity index is 2.18. The molecule has 1 N–H and O–H groups in total. The monoisotopic (exact) mass is 236 g/mol. The van der Waals surface area contributed by atoms with E-state index in [-0.39, 0.29) is 23.8 Å². The van der Waals surface area contributed by atoms with Crippen LogP contribution in [-0.4, -0.2) is 46.2 Å². The molecule has 2 unspecified atom stereocenters. The third-order valence-corrected chi connectivity index (χ3v) is 2.84. The van der Waals surface area contributed by atoms with Crippen molar-refractivity contribution in [3.8, 4) is 5.75 Å². The van der Waals surface area contributed by atoms with Crippen LogP contribution in [-0.2, 0) is 4.74 Å². The van der Waals surface area contributed by atoms with E-state index in [0.29, 0.717) is 18.7 Å². The van der Waals surface area contributed by atoms with Crippen LogP contribution in [0.15, 0.2) is 18.5 Å². The van der Waals surface area contributed by atoms with Crippen LogP contribution >= 0.6 is 0 Å². The van der Waals surface area contributed by atoms with Gasteiger partial charge in [0.05, 0.1) is 30.5 Å². The van der Waals surface area contributed by atoms with E-state index in [1.54, 1.807) is 4.90 Å². The molecule has 0 bridgehead atoms. The average molecular weight is 236 g/mol. The van der Waals surface area contributed by atoms with E-state index in [0.717, 1.165) is 0 Å². The minimum absolute atomic E-state index is 0.00445.